The molecule has 2 aromatic carbocycles. The summed E-state index contributed by atoms with van der Waals surface area (Å²) in [5.41, 5.74) is 2.05. The van der Waals surface area contributed by atoms with Gasteiger partial charge in [0, 0.05) is 6.04 Å². The van der Waals surface area contributed by atoms with Gasteiger partial charge in [-0.15, -0.1) is 0 Å². The molecule has 2 rings (SSSR count). The van der Waals surface area contributed by atoms with E-state index in [0.29, 0.717) is 12.5 Å². The first-order valence-corrected chi connectivity index (χ1v) is 10.2. The molecule has 0 saturated heterocycles. The molecule has 0 saturated carbocycles. The number of benzene rings is 2. The molecule has 5 heteroatoms. The van der Waals surface area contributed by atoms with Crippen LogP contribution in [0.15, 0.2) is 53.4 Å². The van der Waals surface area contributed by atoms with Gasteiger partial charge < -0.3 is 4.74 Å². The third kappa shape index (κ3) is 5.06. The fourth-order valence-corrected chi connectivity index (χ4v) is 3.83. The molecule has 2 atom stereocenters. The predicted molar refractivity (Wildman–Crippen MR) is 101 cm³/mol. The lowest BCUT2D eigenvalue weighted by Crippen LogP contribution is -2.26. The molecule has 0 aliphatic carbocycles. The third-order valence-corrected chi connectivity index (χ3v) is 5.95. The van der Waals surface area contributed by atoms with Crippen molar-refractivity contribution in [2.24, 2.45) is 0 Å². The Morgan fingerprint density at radius 2 is 1.48 bits per heavy atom. The van der Waals surface area contributed by atoms with E-state index >= 15 is 0 Å². The fraction of sp³-hybridized carbons (Fsp3) is 0.400. The van der Waals surface area contributed by atoms with Gasteiger partial charge in [0.05, 0.1) is 11.5 Å². The topological polar surface area (TPSA) is 55.4 Å². The minimum absolute atomic E-state index is 0.289. The summed E-state index contributed by atoms with van der Waals surface area (Å²) >= 11 is 0. The monoisotopic (exact) mass is 361 g/mol. The van der Waals surface area contributed by atoms with Crippen LogP contribution in [0.5, 0.6) is 5.75 Å². The Morgan fingerprint density at radius 3 is 2.00 bits per heavy atom. The van der Waals surface area contributed by atoms with Crippen molar-refractivity contribution < 1.29 is 13.2 Å². The van der Waals surface area contributed by atoms with Crippen LogP contribution in [-0.2, 0) is 10.0 Å². The molecule has 0 amide bonds. The molecule has 4 nitrogen and oxygen atoms in total. The first-order valence-electron chi connectivity index (χ1n) is 8.72. The Hall–Kier alpha value is -1.85. The highest BCUT2D eigenvalue weighted by atomic mass is 32.2. The summed E-state index contributed by atoms with van der Waals surface area (Å²) in [5, 5.41) is 0. The molecule has 25 heavy (non-hydrogen) atoms. The number of hydrogen-bond donors (Lipinski definition) is 1. The third-order valence-electron chi connectivity index (χ3n) is 4.39. The molecule has 0 aromatic heterocycles. The Morgan fingerprint density at radius 1 is 0.920 bits per heavy atom. The summed E-state index contributed by atoms with van der Waals surface area (Å²) < 4.78 is 33.3. The van der Waals surface area contributed by atoms with Gasteiger partial charge in [-0.1, -0.05) is 38.1 Å². The summed E-state index contributed by atoms with van der Waals surface area (Å²) in [5.74, 6) is 1.20. The first-order chi connectivity index (χ1) is 11.9. The van der Waals surface area contributed by atoms with Gasteiger partial charge in [-0.2, -0.15) is 0 Å². The fourth-order valence-electron chi connectivity index (χ4n) is 2.60. The second-order valence-corrected chi connectivity index (χ2v) is 7.94. The molecular weight excluding hydrogens is 334 g/mol. The zero-order valence-electron chi connectivity index (χ0n) is 15.3. The predicted octanol–water partition coefficient (Wildman–Crippen LogP) is 4.64. The van der Waals surface area contributed by atoms with Crippen LogP contribution in [0.2, 0.25) is 0 Å². The maximum atomic E-state index is 12.6. The molecule has 0 fully saturated rings. The average Bonchev–Trinajstić information content (AvgIpc) is 2.61. The quantitative estimate of drug-likeness (QED) is 0.745. The highest BCUT2D eigenvalue weighted by Crippen LogP contribution is 2.23. The lowest BCUT2D eigenvalue weighted by atomic mass is 9.99. The Kier molecular flexibility index (Phi) is 6.62. The van der Waals surface area contributed by atoms with Gasteiger partial charge in [0.2, 0.25) is 10.0 Å². The van der Waals surface area contributed by atoms with Gasteiger partial charge in [0.15, 0.2) is 0 Å². The van der Waals surface area contributed by atoms with E-state index in [1.807, 2.05) is 50.2 Å². The van der Waals surface area contributed by atoms with E-state index in [0.717, 1.165) is 23.3 Å². The summed E-state index contributed by atoms with van der Waals surface area (Å²) in [6.07, 6.45) is 1.03. The van der Waals surface area contributed by atoms with Crippen molar-refractivity contribution in [2.45, 2.75) is 51.0 Å². The van der Waals surface area contributed by atoms with E-state index < -0.39 is 10.0 Å². The SMILES string of the molecule is CCOc1ccc(C(C)NS(=O)(=O)c2ccc(C(C)CC)cc2)cc1. The summed E-state index contributed by atoms with van der Waals surface area (Å²) in [4.78, 5) is 0.289. The number of sulfonamides is 1. The van der Waals surface area contributed by atoms with Crippen LogP contribution in [0, 0.1) is 0 Å². The van der Waals surface area contributed by atoms with E-state index in [9.17, 15) is 8.42 Å². The standard InChI is InChI=1S/C20H27NO3S/c1-5-15(3)17-9-13-20(14-10-17)25(22,23)21-16(4)18-7-11-19(12-8-18)24-6-2/h7-16,21H,5-6H2,1-4H3. The maximum absolute atomic E-state index is 12.6. The molecule has 0 bridgehead atoms. The molecular formula is C20H27NO3S. The van der Waals surface area contributed by atoms with Crippen molar-refractivity contribution in [1.29, 1.82) is 0 Å². The molecule has 2 aromatic rings. The summed E-state index contributed by atoms with van der Waals surface area (Å²) in [6, 6.07) is 14.3. The molecule has 136 valence electrons. The molecule has 0 aliphatic heterocycles. The second kappa shape index (κ2) is 8.50. The van der Waals surface area contributed by atoms with Crippen LogP contribution in [-0.4, -0.2) is 15.0 Å². The molecule has 0 heterocycles. The summed E-state index contributed by atoms with van der Waals surface area (Å²) in [6.45, 7) is 8.62. The Balaban J connectivity index is 2.11. The number of nitrogens with one attached hydrogen (secondary N) is 1. The van der Waals surface area contributed by atoms with Crippen LogP contribution in [0.1, 0.15) is 57.2 Å². The molecule has 0 spiro atoms. The number of hydrogen-bond acceptors (Lipinski definition) is 3. The number of ether oxygens (including phenoxy) is 1. The van der Waals surface area contributed by atoms with Crippen molar-refractivity contribution in [3.8, 4) is 5.75 Å². The van der Waals surface area contributed by atoms with Crippen LogP contribution in [0.25, 0.3) is 0 Å². The molecule has 0 radical (unpaired) electrons. The molecule has 1 N–H and O–H groups in total. The van der Waals surface area contributed by atoms with Crippen LogP contribution in [0.4, 0.5) is 0 Å². The average molecular weight is 362 g/mol. The van der Waals surface area contributed by atoms with Crippen LogP contribution in [0.3, 0.4) is 0 Å². The minimum atomic E-state index is -3.56. The van der Waals surface area contributed by atoms with E-state index in [4.69, 9.17) is 4.74 Å². The van der Waals surface area contributed by atoms with Gasteiger partial charge in [-0.3, -0.25) is 0 Å². The molecule has 0 aliphatic rings. The maximum Gasteiger partial charge on any atom is 0.241 e. The van der Waals surface area contributed by atoms with E-state index in [1.54, 1.807) is 12.1 Å². The van der Waals surface area contributed by atoms with Crippen molar-refractivity contribution in [2.75, 3.05) is 6.61 Å². The van der Waals surface area contributed by atoms with Crippen LogP contribution < -0.4 is 9.46 Å². The zero-order valence-corrected chi connectivity index (χ0v) is 16.1. The number of rotatable bonds is 8. The largest absolute Gasteiger partial charge is 0.494 e. The van der Waals surface area contributed by atoms with E-state index in [1.165, 1.54) is 0 Å². The lowest BCUT2D eigenvalue weighted by molar-refractivity contribution is 0.340. The highest BCUT2D eigenvalue weighted by Gasteiger charge is 2.18. The Bertz CT molecular complexity index is 768. The normalized spacial score (nSPS) is 14.1. The van der Waals surface area contributed by atoms with E-state index in [-0.39, 0.29) is 10.9 Å². The second-order valence-electron chi connectivity index (χ2n) is 6.22. The van der Waals surface area contributed by atoms with Crippen molar-refractivity contribution >= 4 is 10.0 Å². The van der Waals surface area contributed by atoms with Gasteiger partial charge in [0.1, 0.15) is 5.75 Å². The van der Waals surface area contributed by atoms with Crippen molar-refractivity contribution in [1.82, 2.24) is 4.72 Å². The van der Waals surface area contributed by atoms with Gasteiger partial charge in [-0.25, -0.2) is 13.1 Å². The smallest absolute Gasteiger partial charge is 0.241 e. The lowest BCUT2D eigenvalue weighted by Gasteiger charge is -2.16. The van der Waals surface area contributed by atoms with E-state index in [2.05, 4.69) is 18.6 Å². The van der Waals surface area contributed by atoms with Crippen LogP contribution >= 0.6 is 0 Å². The first kappa shape index (κ1) is 19.5. The highest BCUT2D eigenvalue weighted by molar-refractivity contribution is 7.89. The van der Waals surface area contributed by atoms with Crippen molar-refractivity contribution in [3.63, 3.8) is 0 Å². The Labute approximate surface area is 151 Å². The molecule has 2 unspecified atom stereocenters. The van der Waals surface area contributed by atoms with Crippen molar-refractivity contribution in [3.05, 3.63) is 59.7 Å². The van der Waals surface area contributed by atoms with Gasteiger partial charge in [-0.05, 0) is 61.6 Å². The minimum Gasteiger partial charge on any atom is -0.494 e. The van der Waals surface area contributed by atoms with Gasteiger partial charge >= 0.3 is 0 Å². The zero-order chi connectivity index (χ0) is 18.4. The summed E-state index contributed by atoms with van der Waals surface area (Å²) in [7, 11) is -3.56. The van der Waals surface area contributed by atoms with Gasteiger partial charge in [0.25, 0.3) is 0 Å².